The molecule has 0 spiro atoms. The zero-order valence-electron chi connectivity index (χ0n) is 14.7. The first-order chi connectivity index (χ1) is 13.6. The smallest absolute Gasteiger partial charge is 0.277 e. The molecule has 9 heteroatoms. The second-order valence-electron chi connectivity index (χ2n) is 5.89. The summed E-state index contributed by atoms with van der Waals surface area (Å²) in [6.45, 7) is 1.46. The Kier molecular flexibility index (Phi) is 5.00. The Hall–Kier alpha value is -3.30. The molecule has 0 atom stereocenters. The fourth-order valence-electron chi connectivity index (χ4n) is 2.55. The molecule has 0 saturated heterocycles. The van der Waals surface area contributed by atoms with Crippen molar-refractivity contribution in [2.75, 3.05) is 10.6 Å². The molecule has 0 aliphatic carbocycles. The van der Waals surface area contributed by atoms with Gasteiger partial charge >= 0.3 is 0 Å². The first-order valence-corrected chi connectivity index (χ1v) is 10.1. The summed E-state index contributed by atoms with van der Waals surface area (Å²) in [5, 5.41) is 16.8. The van der Waals surface area contributed by atoms with Crippen LogP contribution < -0.4 is 10.6 Å². The number of aromatic amines is 1. The molecule has 28 heavy (non-hydrogen) atoms. The highest BCUT2D eigenvalue weighted by molar-refractivity contribution is 7.14. The zero-order chi connectivity index (χ0) is 19.5. The van der Waals surface area contributed by atoms with Crippen molar-refractivity contribution in [3.05, 3.63) is 58.9 Å². The number of nitrogens with zero attached hydrogens (tertiary/aromatic N) is 2. The summed E-state index contributed by atoms with van der Waals surface area (Å²) in [5.74, 6) is -0.437. The fraction of sp³-hybridized carbons (Fsp3) is 0.0526. The Morgan fingerprint density at radius 1 is 1.07 bits per heavy atom. The van der Waals surface area contributed by atoms with Crippen LogP contribution in [-0.4, -0.2) is 27.0 Å². The molecule has 4 rings (SSSR count). The van der Waals surface area contributed by atoms with Crippen molar-refractivity contribution >= 4 is 45.3 Å². The van der Waals surface area contributed by atoms with Gasteiger partial charge in [-0.05, 0) is 29.6 Å². The van der Waals surface area contributed by atoms with Crippen molar-refractivity contribution in [1.29, 1.82) is 0 Å². The normalized spacial score (nSPS) is 10.6. The summed E-state index contributed by atoms with van der Waals surface area (Å²) in [5.41, 5.74) is 3.47. The van der Waals surface area contributed by atoms with Gasteiger partial charge in [0.25, 0.3) is 5.91 Å². The Morgan fingerprint density at radius 2 is 1.89 bits per heavy atom. The first-order valence-electron chi connectivity index (χ1n) is 8.33. The van der Waals surface area contributed by atoms with Crippen molar-refractivity contribution in [3.63, 3.8) is 0 Å². The van der Waals surface area contributed by atoms with E-state index in [1.54, 1.807) is 17.4 Å². The van der Waals surface area contributed by atoms with E-state index in [1.165, 1.54) is 18.3 Å². The van der Waals surface area contributed by atoms with Gasteiger partial charge in [-0.2, -0.15) is 5.10 Å². The Morgan fingerprint density at radius 3 is 2.61 bits per heavy atom. The van der Waals surface area contributed by atoms with Crippen LogP contribution in [0.2, 0.25) is 0 Å². The van der Waals surface area contributed by atoms with E-state index in [9.17, 15) is 9.59 Å². The summed E-state index contributed by atoms with van der Waals surface area (Å²) in [6, 6.07) is 13.0. The van der Waals surface area contributed by atoms with Gasteiger partial charge in [-0.15, -0.1) is 22.7 Å². The topological polar surface area (TPSA) is 99.8 Å². The predicted octanol–water partition coefficient (Wildman–Crippen LogP) is 4.47. The number of nitrogens with one attached hydrogen (secondary N) is 3. The van der Waals surface area contributed by atoms with Crippen molar-refractivity contribution in [2.24, 2.45) is 0 Å². The number of carbonyl (C=O) groups excluding carboxylic acids is 2. The average Bonchev–Trinajstić information content (AvgIpc) is 3.43. The standard InChI is InChI=1S/C19H15N5O2S2/c1-11(25)20-13-6-4-12(5-7-13)16-10-28-19(21-16)22-18(26)15-9-14(23-24-15)17-3-2-8-27-17/h2-10H,1H3,(H,20,25)(H,23,24)(H,21,22,26). The summed E-state index contributed by atoms with van der Waals surface area (Å²) in [6.07, 6.45) is 0. The van der Waals surface area contributed by atoms with E-state index in [0.717, 1.165) is 27.5 Å². The van der Waals surface area contributed by atoms with Crippen LogP contribution in [0.3, 0.4) is 0 Å². The van der Waals surface area contributed by atoms with Gasteiger partial charge in [0.2, 0.25) is 5.91 Å². The lowest BCUT2D eigenvalue weighted by Gasteiger charge is -2.02. The van der Waals surface area contributed by atoms with E-state index >= 15 is 0 Å². The van der Waals surface area contributed by atoms with Gasteiger partial charge in [0.05, 0.1) is 16.3 Å². The minimum Gasteiger partial charge on any atom is -0.326 e. The molecule has 0 bridgehead atoms. The molecule has 0 unspecified atom stereocenters. The van der Waals surface area contributed by atoms with Crippen LogP contribution in [0.15, 0.2) is 53.2 Å². The minimum absolute atomic E-state index is 0.119. The highest BCUT2D eigenvalue weighted by Crippen LogP contribution is 2.27. The van der Waals surface area contributed by atoms with Crippen LogP contribution >= 0.6 is 22.7 Å². The molecule has 140 valence electrons. The number of amides is 2. The van der Waals surface area contributed by atoms with Crippen molar-refractivity contribution in [1.82, 2.24) is 15.2 Å². The van der Waals surface area contributed by atoms with E-state index in [4.69, 9.17) is 0 Å². The third-order valence-electron chi connectivity index (χ3n) is 3.82. The van der Waals surface area contributed by atoms with Gasteiger partial charge in [0.1, 0.15) is 0 Å². The van der Waals surface area contributed by atoms with Crippen molar-refractivity contribution in [3.8, 4) is 21.8 Å². The third kappa shape index (κ3) is 4.00. The molecule has 2 amide bonds. The lowest BCUT2D eigenvalue weighted by atomic mass is 10.1. The molecule has 1 aromatic carbocycles. The molecule has 4 aromatic rings. The lowest BCUT2D eigenvalue weighted by molar-refractivity contribution is -0.114. The number of rotatable bonds is 5. The zero-order valence-corrected chi connectivity index (χ0v) is 16.4. The molecular weight excluding hydrogens is 394 g/mol. The van der Waals surface area contributed by atoms with Crippen LogP contribution in [0.5, 0.6) is 0 Å². The number of aromatic nitrogens is 3. The number of hydrogen-bond acceptors (Lipinski definition) is 6. The van der Waals surface area contributed by atoms with Crippen molar-refractivity contribution in [2.45, 2.75) is 6.92 Å². The van der Waals surface area contributed by atoms with E-state index < -0.39 is 0 Å². The molecule has 0 fully saturated rings. The van der Waals surface area contributed by atoms with E-state index in [1.807, 2.05) is 47.2 Å². The number of anilines is 2. The average molecular weight is 409 g/mol. The highest BCUT2D eigenvalue weighted by Gasteiger charge is 2.14. The molecule has 0 radical (unpaired) electrons. The van der Waals surface area contributed by atoms with Gasteiger partial charge in [-0.3, -0.25) is 20.0 Å². The number of hydrogen-bond donors (Lipinski definition) is 3. The van der Waals surface area contributed by atoms with Crippen LogP contribution in [0.1, 0.15) is 17.4 Å². The van der Waals surface area contributed by atoms with Gasteiger partial charge in [-0.1, -0.05) is 18.2 Å². The third-order valence-corrected chi connectivity index (χ3v) is 5.48. The summed E-state index contributed by atoms with van der Waals surface area (Å²) in [7, 11) is 0. The second-order valence-corrected chi connectivity index (χ2v) is 7.70. The van der Waals surface area contributed by atoms with Crippen LogP contribution in [0, 0.1) is 0 Å². The fourth-order valence-corrected chi connectivity index (χ4v) is 3.96. The summed E-state index contributed by atoms with van der Waals surface area (Å²) >= 11 is 2.91. The Labute approximate surface area is 168 Å². The number of benzene rings is 1. The lowest BCUT2D eigenvalue weighted by Crippen LogP contribution is -2.12. The summed E-state index contributed by atoms with van der Waals surface area (Å²) in [4.78, 5) is 29.0. The Balaban J connectivity index is 1.44. The molecule has 0 aliphatic rings. The first kappa shape index (κ1) is 18.1. The summed E-state index contributed by atoms with van der Waals surface area (Å²) < 4.78 is 0. The van der Waals surface area contributed by atoms with Gasteiger partial charge < -0.3 is 5.32 Å². The maximum Gasteiger partial charge on any atom is 0.277 e. The molecule has 0 aliphatic heterocycles. The molecule has 0 saturated carbocycles. The van der Waals surface area contributed by atoms with Crippen molar-refractivity contribution < 1.29 is 9.59 Å². The van der Waals surface area contributed by atoms with Gasteiger partial charge in [-0.25, -0.2) is 4.98 Å². The number of H-pyrrole nitrogens is 1. The number of carbonyl (C=O) groups is 2. The molecule has 3 aromatic heterocycles. The molecule has 3 heterocycles. The van der Waals surface area contributed by atoms with Crippen LogP contribution in [0.4, 0.5) is 10.8 Å². The number of thiophene rings is 1. The molecule has 7 nitrogen and oxygen atoms in total. The largest absolute Gasteiger partial charge is 0.326 e. The minimum atomic E-state index is -0.319. The SMILES string of the molecule is CC(=O)Nc1ccc(-c2csc(NC(=O)c3cc(-c4cccs4)[nH]n3)n2)cc1. The maximum absolute atomic E-state index is 12.4. The quantitative estimate of drug-likeness (QED) is 0.453. The van der Waals surface area contributed by atoms with Crippen LogP contribution in [-0.2, 0) is 4.79 Å². The maximum atomic E-state index is 12.4. The monoisotopic (exact) mass is 409 g/mol. The molecular formula is C19H15N5O2S2. The second kappa shape index (κ2) is 7.75. The van der Waals surface area contributed by atoms with E-state index in [-0.39, 0.29) is 11.8 Å². The predicted molar refractivity (Wildman–Crippen MR) is 112 cm³/mol. The molecule has 3 N–H and O–H groups in total. The van der Waals surface area contributed by atoms with Gasteiger partial charge in [0, 0.05) is 23.6 Å². The number of thiazole rings is 1. The highest BCUT2D eigenvalue weighted by atomic mass is 32.1. The van der Waals surface area contributed by atoms with E-state index in [0.29, 0.717) is 10.8 Å². The van der Waals surface area contributed by atoms with Gasteiger partial charge in [0.15, 0.2) is 10.8 Å². The Bertz CT molecular complexity index is 1110. The van der Waals surface area contributed by atoms with E-state index in [2.05, 4.69) is 25.8 Å². The van der Waals surface area contributed by atoms with Crippen LogP contribution in [0.25, 0.3) is 21.8 Å².